The van der Waals surface area contributed by atoms with E-state index in [9.17, 15) is 4.79 Å². The molecule has 3 nitrogen and oxygen atoms in total. The van der Waals surface area contributed by atoms with Crippen LogP contribution >= 0.6 is 0 Å². The Hall–Kier alpha value is -0.730. The van der Waals surface area contributed by atoms with E-state index in [1.54, 1.807) is 0 Å². The molecule has 0 aromatic rings. The van der Waals surface area contributed by atoms with Crippen LogP contribution in [0.2, 0.25) is 0 Å². The second kappa shape index (κ2) is 9.81. The normalized spacial score (nSPS) is 12.2. The van der Waals surface area contributed by atoms with Crippen LogP contribution < -0.4 is 5.32 Å². The minimum Gasteiger partial charge on any atom is -0.453 e. The summed E-state index contributed by atoms with van der Waals surface area (Å²) in [6.45, 7) is 5.11. The van der Waals surface area contributed by atoms with E-state index in [1.807, 2.05) is 0 Å². The van der Waals surface area contributed by atoms with E-state index in [1.165, 1.54) is 45.6 Å². The Morgan fingerprint density at radius 3 is 2.53 bits per heavy atom. The molecule has 0 radical (unpaired) electrons. The molecular weight excluding hydrogens is 190 g/mol. The third-order valence-electron chi connectivity index (χ3n) is 2.58. The maximum Gasteiger partial charge on any atom is 0.406 e. The van der Waals surface area contributed by atoms with Gasteiger partial charge in [0.05, 0.1) is 7.11 Å². The van der Waals surface area contributed by atoms with Gasteiger partial charge in [-0.2, -0.15) is 0 Å². The predicted octanol–water partition coefficient (Wildman–Crippen LogP) is 3.34. The second-order valence-electron chi connectivity index (χ2n) is 4.18. The first-order chi connectivity index (χ1) is 7.20. The summed E-state index contributed by atoms with van der Waals surface area (Å²) in [6.07, 6.45) is 7.42. The summed E-state index contributed by atoms with van der Waals surface area (Å²) in [5.74, 6) is 0.547. The van der Waals surface area contributed by atoms with Crippen molar-refractivity contribution in [3.63, 3.8) is 0 Å². The number of hydrogen-bond acceptors (Lipinski definition) is 2. The molecular formula is C12H25NO2. The summed E-state index contributed by atoms with van der Waals surface area (Å²) in [5, 5.41) is 2.72. The van der Waals surface area contributed by atoms with Gasteiger partial charge in [-0.05, 0) is 12.3 Å². The molecule has 0 saturated heterocycles. The van der Waals surface area contributed by atoms with Crippen molar-refractivity contribution in [1.29, 1.82) is 0 Å². The van der Waals surface area contributed by atoms with Crippen LogP contribution in [0.4, 0.5) is 4.79 Å². The number of ether oxygens (including phenoxy) is 1. The largest absolute Gasteiger partial charge is 0.453 e. The molecule has 0 aliphatic heterocycles. The maximum absolute atomic E-state index is 10.8. The fraction of sp³-hybridized carbons (Fsp3) is 0.917. The lowest BCUT2D eigenvalue weighted by molar-refractivity contribution is 0.169. The minimum absolute atomic E-state index is 0.326. The summed E-state index contributed by atoms with van der Waals surface area (Å²) in [7, 11) is 1.39. The molecule has 1 amide bonds. The van der Waals surface area contributed by atoms with Crippen LogP contribution in [0.3, 0.4) is 0 Å². The number of alkyl carbamates (subject to hydrolysis) is 1. The van der Waals surface area contributed by atoms with Crippen molar-refractivity contribution >= 4 is 6.09 Å². The smallest absolute Gasteiger partial charge is 0.406 e. The number of carbonyl (C=O) groups is 1. The molecule has 0 fully saturated rings. The van der Waals surface area contributed by atoms with E-state index in [-0.39, 0.29) is 6.09 Å². The number of unbranched alkanes of at least 4 members (excludes halogenated alkanes) is 4. The zero-order valence-electron chi connectivity index (χ0n) is 10.3. The number of nitrogens with one attached hydrogen (secondary N) is 1. The number of amides is 1. The topological polar surface area (TPSA) is 38.3 Å². The lowest BCUT2D eigenvalue weighted by atomic mass is 10.0. The Balaban J connectivity index is 3.25. The highest BCUT2D eigenvalue weighted by Gasteiger charge is 2.04. The number of carbonyl (C=O) groups excluding carboxylic acids is 1. The predicted molar refractivity (Wildman–Crippen MR) is 62.9 cm³/mol. The molecule has 0 saturated carbocycles. The number of methoxy groups -OCH3 is 1. The van der Waals surface area contributed by atoms with Crippen LogP contribution in [-0.4, -0.2) is 19.7 Å². The number of hydrogen-bond donors (Lipinski definition) is 1. The molecule has 1 unspecified atom stereocenters. The third-order valence-corrected chi connectivity index (χ3v) is 2.58. The molecule has 3 heteroatoms. The van der Waals surface area contributed by atoms with Gasteiger partial charge in [0.2, 0.25) is 0 Å². The van der Waals surface area contributed by atoms with E-state index < -0.39 is 0 Å². The average molecular weight is 215 g/mol. The SMILES string of the molecule is CCCCCCCC(C)CNC(=O)OC. The Labute approximate surface area is 93.6 Å². The summed E-state index contributed by atoms with van der Waals surface area (Å²) in [4.78, 5) is 10.8. The van der Waals surface area contributed by atoms with Gasteiger partial charge in [0.1, 0.15) is 0 Å². The van der Waals surface area contributed by atoms with Gasteiger partial charge < -0.3 is 10.1 Å². The molecule has 0 spiro atoms. The Morgan fingerprint density at radius 2 is 1.93 bits per heavy atom. The van der Waals surface area contributed by atoms with Crippen molar-refractivity contribution in [3.05, 3.63) is 0 Å². The van der Waals surface area contributed by atoms with Crippen molar-refractivity contribution in [2.75, 3.05) is 13.7 Å². The fourth-order valence-corrected chi connectivity index (χ4v) is 1.53. The first kappa shape index (κ1) is 14.3. The Bertz CT molecular complexity index is 160. The molecule has 1 N–H and O–H groups in total. The third kappa shape index (κ3) is 9.57. The lowest BCUT2D eigenvalue weighted by Crippen LogP contribution is -2.27. The highest BCUT2D eigenvalue weighted by atomic mass is 16.5. The summed E-state index contributed by atoms with van der Waals surface area (Å²) in [5.41, 5.74) is 0. The number of rotatable bonds is 8. The van der Waals surface area contributed by atoms with Crippen molar-refractivity contribution in [3.8, 4) is 0 Å². The zero-order chi connectivity index (χ0) is 11.5. The molecule has 0 heterocycles. The van der Waals surface area contributed by atoms with Crippen molar-refractivity contribution in [2.45, 2.75) is 52.4 Å². The van der Waals surface area contributed by atoms with E-state index in [0.29, 0.717) is 5.92 Å². The first-order valence-corrected chi connectivity index (χ1v) is 6.02. The van der Waals surface area contributed by atoms with Gasteiger partial charge >= 0.3 is 6.09 Å². The van der Waals surface area contributed by atoms with E-state index in [2.05, 4.69) is 23.9 Å². The van der Waals surface area contributed by atoms with Crippen LogP contribution in [0.1, 0.15) is 52.4 Å². The minimum atomic E-state index is -0.326. The fourth-order valence-electron chi connectivity index (χ4n) is 1.53. The highest BCUT2D eigenvalue weighted by molar-refractivity contribution is 5.66. The van der Waals surface area contributed by atoms with Gasteiger partial charge in [-0.3, -0.25) is 0 Å². The standard InChI is InChI=1S/C12H25NO2/c1-4-5-6-7-8-9-11(2)10-13-12(14)15-3/h11H,4-10H2,1-3H3,(H,13,14). The van der Waals surface area contributed by atoms with Crippen LogP contribution in [-0.2, 0) is 4.74 Å². The van der Waals surface area contributed by atoms with Crippen molar-refractivity contribution in [1.82, 2.24) is 5.32 Å². The van der Waals surface area contributed by atoms with Crippen molar-refractivity contribution in [2.24, 2.45) is 5.92 Å². The van der Waals surface area contributed by atoms with Gasteiger partial charge in [0.25, 0.3) is 0 Å². The van der Waals surface area contributed by atoms with Crippen molar-refractivity contribution < 1.29 is 9.53 Å². The van der Waals surface area contributed by atoms with Gasteiger partial charge in [-0.15, -0.1) is 0 Å². The summed E-state index contributed by atoms with van der Waals surface area (Å²) < 4.78 is 4.51. The Kier molecular flexibility index (Phi) is 9.33. The van der Waals surface area contributed by atoms with Crippen LogP contribution in [0.15, 0.2) is 0 Å². The molecule has 0 aliphatic rings. The van der Waals surface area contributed by atoms with Crippen LogP contribution in [0.5, 0.6) is 0 Å². The van der Waals surface area contributed by atoms with Crippen LogP contribution in [0.25, 0.3) is 0 Å². The quantitative estimate of drug-likeness (QED) is 0.631. The molecule has 90 valence electrons. The van der Waals surface area contributed by atoms with E-state index >= 15 is 0 Å². The summed E-state index contributed by atoms with van der Waals surface area (Å²) >= 11 is 0. The molecule has 0 aliphatic carbocycles. The Morgan fingerprint density at radius 1 is 1.27 bits per heavy atom. The molecule has 1 atom stereocenters. The highest BCUT2D eigenvalue weighted by Crippen LogP contribution is 2.10. The summed E-state index contributed by atoms with van der Waals surface area (Å²) in [6, 6.07) is 0. The van der Waals surface area contributed by atoms with Gasteiger partial charge in [0, 0.05) is 6.54 Å². The second-order valence-corrected chi connectivity index (χ2v) is 4.18. The monoisotopic (exact) mass is 215 g/mol. The van der Waals surface area contributed by atoms with Gasteiger partial charge in [-0.25, -0.2) is 4.79 Å². The molecule has 0 aromatic carbocycles. The van der Waals surface area contributed by atoms with E-state index in [4.69, 9.17) is 0 Å². The van der Waals surface area contributed by atoms with Crippen LogP contribution in [0, 0.1) is 5.92 Å². The van der Waals surface area contributed by atoms with Gasteiger partial charge in [-0.1, -0.05) is 46.0 Å². The average Bonchev–Trinajstić information content (AvgIpc) is 2.25. The lowest BCUT2D eigenvalue weighted by Gasteiger charge is -2.11. The molecule has 0 bridgehead atoms. The molecule has 0 rings (SSSR count). The zero-order valence-corrected chi connectivity index (χ0v) is 10.3. The molecule has 15 heavy (non-hydrogen) atoms. The maximum atomic E-state index is 10.8. The molecule has 0 aromatic heterocycles. The van der Waals surface area contributed by atoms with Gasteiger partial charge in [0.15, 0.2) is 0 Å². The van der Waals surface area contributed by atoms with E-state index in [0.717, 1.165) is 6.54 Å². The first-order valence-electron chi connectivity index (χ1n) is 6.02.